The summed E-state index contributed by atoms with van der Waals surface area (Å²) in [4.78, 5) is 48.5. The van der Waals surface area contributed by atoms with E-state index >= 15 is 4.39 Å². The highest BCUT2D eigenvalue weighted by Gasteiger charge is 2.33. The molecule has 1 unspecified atom stereocenters. The standard InChI is InChI=1S/C31H31ClFN9O3/c1-40-24-7-4-17(11-16(24)12-27(40)44)36-29-21(32)14-34-31(38-29)42-10-9-23(22(33)15-42)35-18-3-5-19-25(13-18)41(2)39-28(19)20-6-8-26(43)37-30(20)45/h3-5,7,11,13-14,20,22-23,35H,6,8-10,12,15H2,1-2H3,(H,34,36,38)(H,37,43,45)/t20?,22-,23+/m0/s1. The molecule has 4 aromatic rings. The maximum Gasteiger partial charge on any atom is 0.235 e. The molecule has 14 heteroatoms. The number of imide groups is 1. The van der Waals surface area contributed by atoms with Gasteiger partial charge in [-0.25, -0.2) is 9.37 Å². The number of benzene rings is 2. The van der Waals surface area contributed by atoms with Gasteiger partial charge in [-0.15, -0.1) is 0 Å². The monoisotopic (exact) mass is 631 g/mol. The van der Waals surface area contributed by atoms with E-state index < -0.39 is 18.1 Å². The topological polar surface area (TPSA) is 137 Å². The highest BCUT2D eigenvalue weighted by atomic mass is 35.5. The molecule has 12 nitrogen and oxygen atoms in total. The van der Waals surface area contributed by atoms with E-state index in [0.717, 1.165) is 33.5 Å². The van der Waals surface area contributed by atoms with Crippen molar-refractivity contribution in [2.45, 2.75) is 43.8 Å². The Morgan fingerprint density at radius 3 is 2.69 bits per heavy atom. The van der Waals surface area contributed by atoms with Gasteiger partial charge in [0.05, 0.1) is 42.3 Å². The predicted octanol–water partition coefficient (Wildman–Crippen LogP) is 3.83. The van der Waals surface area contributed by atoms with Crippen molar-refractivity contribution in [2.75, 3.05) is 40.6 Å². The molecule has 45 heavy (non-hydrogen) atoms. The summed E-state index contributed by atoms with van der Waals surface area (Å²) in [5.74, 6) is -0.275. The van der Waals surface area contributed by atoms with Gasteiger partial charge in [-0.3, -0.25) is 24.4 Å². The van der Waals surface area contributed by atoms with Crippen LogP contribution in [0.3, 0.4) is 0 Å². The summed E-state index contributed by atoms with van der Waals surface area (Å²) in [6.07, 6.45) is 1.83. The van der Waals surface area contributed by atoms with Crippen molar-refractivity contribution >= 4 is 69.1 Å². The van der Waals surface area contributed by atoms with E-state index in [2.05, 4.69) is 31.0 Å². The van der Waals surface area contributed by atoms with Crippen LogP contribution in [0.4, 0.5) is 33.2 Å². The van der Waals surface area contributed by atoms with E-state index in [4.69, 9.17) is 11.6 Å². The third-order valence-corrected chi connectivity index (χ3v) is 9.05. The summed E-state index contributed by atoms with van der Waals surface area (Å²) in [6.45, 7) is 0.625. The molecule has 232 valence electrons. The largest absolute Gasteiger partial charge is 0.379 e. The van der Waals surface area contributed by atoms with E-state index in [0.29, 0.717) is 48.3 Å². The van der Waals surface area contributed by atoms with Gasteiger partial charge in [0, 0.05) is 49.5 Å². The van der Waals surface area contributed by atoms with Crippen molar-refractivity contribution in [2.24, 2.45) is 7.05 Å². The smallest absolute Gasteiger partial charge is 0.235 e. The number of hydrogen-bond donors (Lipinski definition) is 3. The molecule has 0 radical (unpaired) electrons. The van der Waals surface area contributed by atoms with Crippen LogP contribution in [-0.2, 0) is 27.9 Å². The first-order valence-corrected chi connectivity index (χ1v) is 15.2. The molecule has 0 aliphatic carbocycles. The number of carbonyl (C=O) groups is 3. The number of fused-ring (bicyclic) bond motifs is 2. The van der Waals surface area contributed by atoms with Crippen LogP contribution in [0, 0.1) is 0 Å². The van der Waals surface area contributed by atoms with E-state index in [9.17, 15) is 14.4 Å². The van der Waals surface area contributed by atoms with Gasteiger partial charge in [-0.1, -0.05) is 11.6 Å². The van der Waals surface area contributed by atoms with E-state index in [-0.39, 0.29) is 30.7 Å². The van der Waals surface area contributed by atoms with Gasteiger partial charge in [0.2, 0.25) is 23.7 Å². The zero-order chi connectivity index (χ0) is 31.4. The second-order valence-electron chi connectivity index (χ2n) is 11.7. The highest BCUT2D eigenvalue weighted by Crippen LogP contribution is 2.34. The van der Waals surface area contributed by atoms with E-state index in [1.54, 1.807) is 28.6 Å². The Morgan fingerprint density at radius 2 is 1.89 bits per heavy atom. The number of aromatic nitrogens is 4. The van der Waals surface area contributed by atoms with Crippen molar-refractivity contribution in [3.63, 3.8) is 0 Å². The fourth-order valence-corrected chi connectivity index (χ4v) is 6.47. The number of nitrogens with zero attached hydrogens (tertiary/aromatic N) is 6. The van der Waals surface area contributed by atoms with Crippen LogP contribution in [-0.4, -0.2) is 69.8 Å². The molecule has 3 aliphatic rings. The van der Waals surface area contributed by atoms with Crippen molar-refractivity contribution < 1.29 is 18.8 Å². The molecule has 5 heterocycles. The zero-order valence-corrected chi connectivity index (χ0v) is 25.4. The maximum atomic E-state index is 15.6. The lowest BCUT2D eigenvalue weighted by atomic mass is 9.93. The summed E-state index contributed by atoms with van der Waals surface area (Å²) >= 11 is 6.41. The minimum absolute atomic E-state index is 0.0413. The molecule has 3 N–H and O–H groups in total. The summed E-state index contributed by atoms with van der Waals surface area (Å²) in [6, 6.07) is 10.9. The first kappa shape index (κ1) is 29.0. The molecule has 3 atom stereocenters. The number of piperidine rings is 2. The highest BCUT2D eigenvalue weighted by molar-refractivity contribution is 6.32. The van der Waals surface area contributed by atoms with Crippen LogP contribution in [0.15, 0.2) is 42.6 Å². The average molecular weight is 632 g/mol. The third kappa shape index (κ3) is 5.41. The number of aryl methyl sites for hydroxylation is 1. The molecular weight excluding hydrogens is 601 g/mol. The van der Waals surface area contributed by atoms with Crippen molar-refractivity contribution in [1.29, 1.82) is 0 Å². The molecule has 2 fully saturated rings. The molecule has 2 aromatic heterocycles. The van der Waals surface area contributed by atoms with Gasteiger partial charge in [-0.2, -0.15) is 10.1 Å². The summed E-state index contributed by atoms with van der Waals surface area (Å²) in [7, 11) is 3.56. The first-order chi connectivity index (χ1) is 21.6. The molecule has 0 bridgehead atoms. The fourth-order valence-electron chi connectivity index (χ4n) is 6.33. The number of alkyl halides is 1. The molecule has 2 saturated heterocycles. The summed E-state index contributed by atoms with van der Waals surface area (Å²) < 4.78 is 17.3. The van der Waals surface area contributed by atoms with Crippen molar-refractivity contribution in [3.05, 3.63) is 58.9 Å². The lowest BCUT2D eigenvalue weighted by Crippen LogP contribution is -2.48. The average Bonchev–Trinajstić information content (AvgIpc) is 3.49. The van der Waals surface area contributed by atoms with Gasteiger partial charge >= 0.3 is 0 Å². The SMILES string of the molecule is CN1C(=O)Cc2cc(Nc3nc(N4CC[C@@H](Nc5ccc6c(C7CCC(=O)NC7=O)nn(C)c6c5)[C@@H](F)C4)ncc3Cl)ccc21. The van der Waals surface area contributed by atoms with Gasteiger partial charge in [-0.05, 0) is 54.8 Å². The minimum Gasteiger partial charge on any atom is -0.379 e. The molecule has 7 rings (SSSR count). The molecule has 0 saturated carbocycles. The number of anilines is 5. The lowest BCUT2D eigenvalue weighted by molar-refractivity contribution is -0.134. The number of hydrogen-bond acceptors (Lipinski definition) is 9. The van der Waals surface area contributed by atoms with Crippen molar-refractivity contribution in [3.8, 4) is 0 Å². The Bertz CT molecular complexity index is 1860. The van der Waals surface area contributed by atoms with Crippen LogP contribution in [0.1, 0.15) is 36.4 Å². The number of nitrogens with one attached hydrogen (secondary N) is 3. The Balaban J connectivity index is 1.02. The zero-order valence-electron chi connectivity index (χ0n) is 24.7. The maximum absolute atomic E-state index is 15.6. The van der Waals surface area contributed by atoms with E-state index in [1.165, 1.54) is 6.20 Å². The second-order valence-corrected chi connectivity index (χ2v) is 12.1. The number of rotatable bonds is 6. The number of likely N-dealkylation sites (N-methyl/N-ethyl adjacent to an activating group) is 1. The quantitative estimate of drug-likeness (QED) is 0.271. The summed E-state index contributed by atoms with van der Waals surface area (Å²) in [5.41, 5.74) is 4.73. The Morgan fingerprint density at radius 1 is 1.07 bits per heavy atom. The van der Waals surface area contributed by atoms with E-state index in [1.807, 2.05) is 36.4 Å². The van der Waals surface area contributed by atoms with Gasteiger partial charge in [0.1, 0.15) is 11.2 Å². The van der Waals surface area contributed by atoms with Gasteiger partial charge in [0.15, 0.2) is 5.82 Å². The summed E-state index contributed by atoms with van der Waals surface area (Å²) in [5, 5.41) is 14.7. The number of halogens is 2. The Kier molecular flexibility index (Phi) is 7.27. The normalized spacial score (nSPS) is 21.7. The minimum atomic E-state index is -1.21. The molecule has 0 spiro atoms. The number of carbonyl (C=O) groups excluding carboxylic acids is 3. The van der Waals surface area contributed by atoms with Crippen LogP contribution >= 0.6 is 11.6 Å². The molecular formula is C31H31ClFN9O3. The molecule has 3 amide bonds. The number of amides is 3. The second kappa shape index (κ2) is 11.3. The van der Waals surface area contributed by atoms with Crippen LogP contribution < -0.4 is 25.8 Å². The Labute approximate surface area is 262 Å². The Hall–Kier alpha value is -4.78. The predicted molar refractivity (Wildman–Crippen MR) is 169 cm³/mol. The van der Waals surface area contributed by atoms with Gasteiger partial charge in [0.25, 0.3) is 0 Å². The fraction of sp³-hybridized carbons (Fsp3) is 0.355. The third-order valence-electron chi connectivity index (χ3n) is 8.78. The van der Waals surface area contributed by atoms with Crippen LogP contribution in [0.25, 0.3) is 10.9 Å². The first-order valence-electron chi connectivity index (χ1n) is 14.8. The van der Waals surface area contributed by atoms with Crippen LogP contribution in [0.2, 0.25) is 5.02 Å². The van der Waals surface area contributed by atoms with Crippen LogP contribution in [0.5, 0.6) is 0 Å². The van der Waals surface area contributed by atoms with Gasteiger partial charge < -0.3 is 20.4 Å². The lowest BCUT2D eigenvalue weighted by Gasteiger charge is -2.35. The molecule has 3 aliphatic heterocycles. The van der Waals surface area contributed by atoms with Crippen molar-refractivity contribution in [1.82, 2.24) is 25.1 Å². The molecule has 2 aromatic carbocycles.